The molecule has 6 nitrogen and oxygen atoms in total. The van der Waals surface area contributed by atoms with Gasteiger partial charge in [0.2, 0.25) is 5.91 Å². The first kappa shape index (κ1) is 13.3. The largest absolute Gasteiger partial charge is 0.480 e. The zero-order valence-corrected chi connectivity index (χ0v) is 10.4. The molecule has 0 atom stereocenters. The van der Waals surface area contributed by atoms with E-state index < -0.39 is 11.5 Å². The van der Waals surface area contributed by atoms with E-state index in [2.05, 4.69) is 0 Å². The first-order chi connectivity index (χ1) is 8.51. The molecule has 1 saturated carbocycles. The number of amides is 1. The number of carbonyl (C=O) groups is 2. The molecule has 2 aliphatic rings. The van der Waals surface area contributed by atoms with Gasteiger partial charge in [0.05, 0.1) is 5.54 Å². The molecular weight excluding hydrogens is 236 g/mol. The molecule has 3 N–H and O–H groups in total. The Morgan fingerprint density at radius 2 is 1.94 bits per heavy atom. The maximum atomic E-state index is 12.4. The molecule has 102 valence electrons. The number of aliphatic carboxylic acids is 1. The minimum atomic E-state index is -0.986. The SMILES string of the molecule is NC1(C(=O)N(CC(=O)O)CC2CC2)CCOCC1. The number of ether oxygens (including phenoxy) is 1. The number of hydrogen-bond acceptors (Lipinski definition) is 4. The summed E-state index contributed by atoms with van der Waals surface area (Å²) < 4.78 is 5.20. The number of hydrogen-bond donors (Lipinski definition) is 2. The second kappa shape index (κ2) is 5.24. The second-order valence-corrected chi connectivity index (χ2v) is 5.29. The zero-order valence-electron chi connectivity index (χ0n) is 10.4. The molecule has 0 aromatic rings. The van der Waals surface area contributed by atoms with Gasteiger partial charge in [-0.25, -0.2) is 0 Å². The fraction of sp³-hybridized carbons (Fsp3) is 0.833. The fourth-order valence-corrected chi connectivity index (χ4v) is 2.26. The molecule has 1 amide bonds. The van der Waals surface area contributed by atoms with Crippen molar-refractivity contribution in [3.05, 3.63) is 0 Å². The van der Waals surface area contributed by atoms with Crippen molar-refractivity contribution in [1.29, 1.82) is 0 Å². The summed E-state index contributed by atoms with van der Waals surface area (Å²) in [6.07, 6.45) is 3.08. The van der Waals surface area contributed by atoms with Crippen LogP contribution in [0.15, 0.2) is 0 Å². The predicted octanol–water partition coefficient (Wildman–Crippen LogP) is -0.182. The zero-order chi connectivity index (χ0) is 13.2. The molecule has 1 aliphatic heterocycles. The molecule has 0 unspecified atom stereocenters. The van der Waals surface area contributed by atoms with E-state index in [1.54, 1.807) is 0 Å². The van der Waals surface area contributed by atoms with Gasteiger partial charge in [-0.15, -0.1) is 0 Å². The average Bonchev–Trinajstić information content (AvgIpc) is 3.11. The summed E-state index contributed by atoms with van der Waals surface area (Å²) in [5.41, 5.74) is 5.17. The Labute approximate surface area is 106 Å². The Morgan fingerprint density at radius 3 is 2.44 bits per heavy atom. The molecule has 0 spiro atoms. The number of nitrogens with zero attached hydrogens (tertiary/aromatic N) is 1. The van der Waals surface area contributed by atoms with Gasteiger partial charge in [0.1, 0.15) is 6.54 Å². The van der Waals surface area contributed by atoms with Gasteiger partial charge in [-0.05, 0) is 31.6 Å². The van der Waals surface area contributed by atoms with Gasteiger partial charge in [-0.1, -0.05) is 0 Å². The molecule has 0 bridgehead atoms. The van der Waals surface area contributed by atoms with Crippen molar-refractivity contribution in [3.8, 4) is 0 Å². The summed E-state index contributed by atoms with van der Waals surface area (Å²) >= 11 is 0. The Bertz CT molecular complexity index is 335. The van der Waals surface area contributed by atoms with Crippen molar-refractivity contribution < 1.29 is 19.4 Å². The first-order valence-electron chi connectivity index (χ1n) is 6.39. The van der Waals surface area contributed by atoms with E-state index in [-0.39, 0.29) is 12.5 Å². The molecule has 1 aliphatic carbocycles. The first-order valence-corrected chi connectivity index (χ1v) is 6.39. The number of carboxylic acid groups (broad SMARTS) is 1. The maximum absolute atomic E-state index is 12.4. The highest BCUT2D eigenvalue weighted by molar-refractivity contribution is 5.89. The van der Waals surface area contributed by atoms with E-state index >= 15 is 0 Å². The van der Waals surface area contributed by atoms with Crippen LogP contribution in [-0.2, 0) is 14.3 Å². The molecule has 1 heterocycles. The molecule has 0 radical (unpaired) electrons. The van der Waals surface area contributed by atoms with Gasteiger partial charge in [0.15, 0.2) is 0 Å². The molecule has 18 heavy (non-hydrogen) atoms. The summed E-state index contributed by atoms with van der Waals surface area (Å²) in [5.74, 6) is -0.767. The number of carbonyl (C=O) groups excluding carboxylic acids is 1. The molecule has 2 rings (SSSR count). The Morgan fingerprint density at radius 1 is 1.33 bits per heavy atom. The monoisotopic (exact) mass is 256 g/mol. The van der Waals surface area contributed by atoms with Crippen LogP contribution in [0.2, 0.25) is 0 Å². The molecule has 2 fully saturated rings. The molecule has 1 saturated heterocycles. The minimum absolute atomic E-state index is 0.236. The van der Waals surface area contributed by atoms with Crippen LogP contribution in [0.5, 0.6) is 0 Å². The van der Waals surface area contributed by atoms with E-state index in [1.807, 2.05) is 0 Å². The Balaban J connectivity index is 2.02. The molecule has 0 aromatic heterocycles. The van der Waals surface area contributed by atoms with Crippen molar-refractivity contribution in [2.45, 2.75) is 31.2 Å². The van der Waals surface area contributed by atoms with Gasteiger partial charge in [0.25, 0.3) is 0 Å². The number of rotatable bonds is 5. The van der Waals surface area contributed by atoms with Crippen LogP contribution in [-0.4, -0.2) is 53.7 Å². The number of carboxylic acids is 1. The van der Waals surface area contributed by atoms with Crippen molar-refractivity contribution >= 4 is 11.9 Å². The topological polar surface area (TPSA) is 92.9 Å². The van der Waals surface area contributed by atoms with E-state index in [0.717, 1.165) is 12.8 Å². The quantitative estimate of drug-likeness (QED) is 0.711. The third-order valence-corrected chi connectivity index (χ3v) is 3.60. The Kier molecular flexibility index (Phi) is 3.87. The summed E-state index contributed by atoms with van der Waals surface area (Å²) in [6, 6.07) is 0. The summed E-state index contributed by atoms with van der Waals surface area (Å²) in [6.45, 7) is 1.19. The smallest absolute Gasteiger partial charge is 0.323 e. The van der Waals surface area contributed by atoms with E-state index in [1.165, 1.54) is 4.90 Å². The Hall–Kier alpha value is -1.14. The lowest BCUT2D eigenvalue weighted by Crippen LogP contribution is -2.59. The second-order valence-electron chi connectivity index (χ2n) is 5.29. The normalized spacial score (nSPS) is 22.5. The van der Waals surface area contributed by atoms with Crippen LogP contribution in [0, 0.1) is 5.92 Å². The third kappa shape index (κ3) is 3.20. The number of nitrogens with two attached hydrogens (primary N) is 1. The van der Waals surface area contributed by atoms with Crippen molar-refractivity contribution in [2.75, 3.05) is 26.3 Å². The molecular formula is C12H20N2O4. The molecule has 0 aromatic carbocycles. The van der Waals surface area contributed by atoms with Gasteiger partial charge < -0.3 is 20.5 Å². The summed E-state index contributed by atoms with van der Waals surface area (Å²) in [4.78, 5) is 24.7. The van der Waals surface area contributed by atoms with Crippen LogP contribution in [0.1, 0.15) is 25.7 Å². The van der Waals surface area contributed by atoms with E-state index in [4.69, 9.17) is 15.6 Å². The van der Waals surface area contributed by atoms with E-state index in [9.17, 15) is 9.59 Å². The highest BCUT2D eigenvalue weighted by Crippen LogP contribution is 2.31. The highest BCUT2D eigenvalue weighted by Gasteiger charge is 2.40. The molecule has 6 heteroatoms. The van der Waals surface area contributed by atoms with Crippen molar-refractivity contribution in [1.82, 2.24) is 4.90 Å². The van der Waals surface area contributed by atoms with Gasteiger partial charge >= 0.3 is 5.97 Å². The van der Waals surface area contributed by atoms with Crippen LogP contribution in [0.3, 0.4) is 0 Å². The van der Waals surface area contributed by atoms with Gasteiger partial charge in [-0.3, -0.25) is 9.59 Å². The summed E-state index contributed by atoms with van der Waals surface area (Å²) in [7, 11) is 0. The van der Waals surface area contributed by atoms with Crippen LogP contribution in [0.4, 0.5) is 0 Å². The van der Waals surface area contributed by atoms with Crippen molar-refractivity contribution in [3.63, 3.8) is 0 Å². The summed E-state index contributed by atoms with van der Waals surface area (Å²) in [5, 5.41) is 8.89. The maximum Gasteiger partial charge on any atom is 0.323 e. The van der Waals surface area contributed by atoms with Gasteiger partial charge in [-0.2, -0.15) is 0 Å². The van der Waals surface area contributed by atoms with Crippen LogP contribution in [0.25, 0.3) is 0 Å². The average molecular weight is 256 g/mol. The standard InChI is InChI=1S/C12H20N2O4/c13-12(3-5-18-6-4-12)11(17)14(8-10(15)16)7-9-1-2-9/h9H,1-8,13H2,(H,15,16). The highest BCUT2D eigenvalue weighted by atomic mass is 16.5. The fourth-order valence-electron chi connectivity index (χ4n) is 2.26. The van der Waals surface area contributed by atoms with Crippen LogP contribution < -0.4 is 5.73 Å². The van der Waals surface area contributed by atoms with Crippen molar-refractivity contribution in [2.24, 2.45) is 11.7 Å². The van der Waals surface area contributed by atoms with E-state index in [0.29, 0.717) is 38.5 Å². The van der Waals surface area contributed by atoms with Gasteiger partial charge in [0, 0.05) is 19.8 Å². The predicted molar refractivity (Wildman–Crippen MR) is 63.9 cm³/mol. The lowest BCUT2D eigenvalue weighted by molar-refractivity contribution is -0.149. The lowest BCUT2D eigenvalue weighted by Gasteiger charge is -2.36. The minimum Gasteiger partial charge on any atom is -0.480 e. The lowest BCUT2D eigenvalue weighted by atomic mass is 9.89. The third-order valence-electron chi connectivity index (χ3n) is 3.60. The van der Waals surface area contributed by atoms with Crippen LogP contribution >= 0.6 is 0 Å².